The van der Waals surface area contributed by atoms with Gasteiger partial charge in [0.2, 0.25) is 4.47 Å². The second-order valence-electron chi connectivity index (χ2n) is 3.40. The summed E-state index contributed by atoms with van der Waals surface area (Å²) in [6, 6.07) is 0.290. The Morgan fingerprint density at radius 2 is 2.43 bits per heavy atom. The summed E-state index contributed by atoms with van der Waals surface area (Å²) in [5.74, 6) is 0. The molecule has 1 atom stereocenters. The van der Waals surface area contributed by atoms with Crippen LogP contribution in [0.4, 0.5) is 0 Å². The molecule has 1 saturated heterocycles. The van der Waals surface area contributed by atoms with Crippen molar-refractivity contribution in [3.05, 3.63) is 9.47 Å². The molecule has 4 nitrogen and oxygen atoms in total. The first-order valence-electron chi connectivity index (χ1n) is 4.62. The fourth-order valence-electron chi connectivity index (χ4n) is 1.78. The van der Waals surface area contributed by atoms with E-state index < -0.39 is 0 Å². The maximum absolute atomic E-state index is 9.12. The molecule has 1 fully saturated rings. The molecule has 0 amide bonds. The normalized spacial score (nSPS) is 23.1. The van der Waals surface area contributed by atoms with Crippen molar-refractivity contribution in [2.45, 2.75) is 25.4 Å². The van der Waals surface area contributed by atoms with Gasteiger partial charge in [-0.2, -0.15) is 0 Å². The molecule has 1 aliphatic rings. The summed E-state index contributed by atoms with van der Waals surface area (Å²) in [5.41, 5.74) is 0. The topological polar surface area (TPSA) is 49.2 Å². The van der Waals surface area contributed by atoms with Gasteiger partial charge < -0.3 is 5.11 Å². The highest BCUT2D eigenvalue weighted by atomic mass is 35.5. The predicted octanol–water partition coefficient (Wildman–Crippen LogP) is 1.15. The van der Waals surface area contributed by atoms with Gasteiger partial charge in [0.1, 0.15) is 5.01 Å². The molecule has 0 saturated carbocycles. The molecule has 2 rings (SSSR count). The van der Waals surface area contributed by atoms with Crippen LogP contribution in [0.2, 0.25) is 4.47 Å². The minimum atomic E-state index is 0.229. The van der Waals surface area contributed by atoms with Crippen molar-refractivity contribution in [2.24, 2.45) is 0 Å². The zero-order valence-corrected chi connectivity index (χ0v) is 9.26. The van der Waals surface area contributed by atoms with Crippen LogP contribution in [0.1, 0.15) is 17.8 Å². The molecular weight excluding hydrogens is 222 g/mol. The zero-order chi connectivity index (χ0) is 9.97. The van der Waals surface area contributed by atoms with Crippen LogP contribution in [0.25, 0.3) is 0 Å². The highest BCUT2D eigenvalue weighted by Gasteiger charge is 2.24. The molecule has 78 valence electrons. The summed E-state index contributed by atoms with van der Waals surface area (Å²) in [5, 5.41) is 17.8. The Morgan fingerprint density at radius 3 is 3.07 bits per heavy atom. The fourth-order valence-corrected chi connectivity index (χ4v) is 2.67. The Morgan fingerprint density at radius 1 is 1.57 bits per heavy atom. The van der Waals surface area contributed by atoms with Crippen LogP contribution < -0.4 is 0 Å². The average Bonchev–Trinajstić information content (AvgIpc) is 2.76. The number of aromatic nitrogens is 2. The monoisotopic (exact) mass is 233 g/mol. The van der Waals surface area contributed by atoms with E-state index in [0.717, 1.165) is 30.9 Å². The summed E-state index contributed by atoms with van der Waals surface area (Å²) in [6.45, 7) is 2.02. The largest absolute Gasteiger partial charge is 0.395 e. The van der Waals surface area contributed by atoms with Gasteiger partial charge in [0.05, 0.1) is 13.2 Å². The Balaban J connectivity index is 1.96. The first-order chi connectivity index (χ1) is 6.79. The van der Waals surface area contributed by atoms with E-state index in [1.807, 2.05) is 0 Å². The minimum Gasteiger partial charge on any atom is -0.395 e. The van der Waals surface area contributed by atoms with E-state index in [4.69, 9.17) is 16.7 Å². The van der Waals surface area contributed by atoms with Gasteiger partial charge in [-0.1, -0.05) is 11.3 Å². The molecule has 0 bridgehead atoms. The van der Waals surface area contributed by atoms with Gasteiger partial charge in [0.25, 0.3) is 0 Å². The second-order valence-corrected chi connectivity index (χ2v) is 5.04. The molecule has 0 aliphatic carbocycles. The van der Waals surface area contributed by atoms with Crippen molar-refractivity contribution in [2.75, 3.05) is 13.2 Å². The molecule has 0 aromatic carbocycles. The first kappa shape index (κ1) is 10.3. The van der Waals surface area contributed by atoms with Crippen molar-refractivity contribution in [1.29, 1.82) is 0 Å². The SMILES string of the molecule is OCC1CCCN1Cc1nnc(Cl)s1. The van der Waals surface area contributed by atoms with Gasteiger partial charge in [-0.3, -0.25) is 4.90 Å². The smallest absolute Gasteiger partial charge is 0.207 e. The van der Waals surface area contributed by atoms with Crippen LogP contribution in [0.15, 0.2) is 0 Å². The summed E-state index contributed by atoms with van der Waals surface area (Å²) in [7, 11) is 0. The van der Waals surface area contributed by atoms with Crippen LogP contribution in [0, 0.1) is 0 Å². The zero-order valence-electron chi connectivity index (χ0n) is 7.69. The molecule has 1 unspecified atom stereocenters. The average molecular weight is 234 g/mol. The molecule has 6 heteroatoms. The molecule has 1 aliphatic heterocycles. The lowest BCUT2D eigenvalue weighted by molar-refractivity contribution is 0.153. The van der Waals surface area contributed by atoms with Gasteiger partial charge in [-0.25, -0.2) is 0 Å². The second kappa shape index (κ2) is 4.53. The van der Waals surface area contributed by atoms with Crippen LogP contribution >= 0.6 is 22.9 Å². The Kier molecular flexibility index (Phi) is 3.33. The number of hydrogen-bond donors (Lipinski definition) is 1. The Labute approximate surface area is 91.5 Å². The van der Waals surface area contributed by atoms with Gasteiger partial charge in [0, 0.05) is 6.04 Å². The van der Waals surface area contributed by atoms with Crippen LogP contribution in [-0.2, 0) is 6.54 Å². The van der Waals surface area contributed by atoms with Gasteiger partial charge in [-0.05, 0) is 31.0 Å². The van der Waals surface area contributed by atoms with E-state index in [0.29, 0.717) is 4.47 Å². The Hall–Kier alpha value is -0.230. The molecule has 1 aromatic rings. The van der Waals surface area contributed by atoms with Crippen molar-refractivity contribution in [1.82, 2.24) is 15.1 Å². The van der Waals surface area contributed by atoms with E-state index >= 15 is 0 Å². The van der Waals surface area contributed by atoms with Crippen molar-refractivity contribution in [3.63, 3.8) is 0 Å². The van der Waals surface area contributed by atoms with E-state index in [1.54, 1.807) is 0 Å². The van der Waals surface area contributed by atoms with Gasteiger partial charge >= 0.3 is 0 Å². The maximum atomic E-state index is 9.12. The van der Waals surface area contributed by atoms with E-state index in [2.05, 4.69) is 15.1 Å². The number of aliphatic hydroxyl groups excluding tert-OH is 1. The summed E-state index contributed by atoms with van der Waals surface area (Å²) in [4.78, 5) is 2.23. The van der Waals surface area contributed by atoms with Crippen molar-refractivity contribution < 1.29 is 5.11 Å². The third-order valence-electron chi connectivity index (χ3n) is 2.49. The molecule has 1 N–H and O–H groups in total. The number of rotatable bonds is 3. The predicted molar refractivity (Wildman–Crippen MR) is 55.4 cm³/mol. The maximum Gasteiger partial charge on any atom is 0.207 e. The Bertz CT molecular complexity index is 307. The number of halogens is 1. The van der Waals surface area contributed by atoms with E-state index in [9.17, 15) is 0 Å². The van der Waals surface area contributed by atoms with Gasteiger partial charge in [0.15, 0.2) is 0 Å². The van der Waals surface area contributed by atoms with E-state index in [1.165, 1.54) is 11.3 Å². The molecular formula is C8H12ClN3OS. The number of nitrogens with zero attached hydrogens (tertiary/aromatic N) is 3. The molecule has 0 radical (unpaired) electrons. The fraction of sp³-hybridized carbons (Fsp3) is 0.750. The first-order valence-corrected chi connectivity index (χ1v) is 5.82. The lowest BCUT2D eigenvalue weighted by atomic mass is 10.2. The summed E-state index contributed by atoms with van der Waals surface area (Å²) < 4.78 is 0.486. The van der Waals surface area contributed by atoms with Gasteiger partial charge in [-0.15, -0.1) is 10.2 Å². The van der Waals surface area contributed by atoms with Crippen LogP contribution in [-0.4, -0.2) is 39.4 Å². The lowest BCUT2D eigenvalue weighted by Gasteiger charge is -2.20. The third-order valence-corrected chi connectivity index (χ3v) is 3.49. The standard InChI is InChI=1S/C8H12ClN3OS/c9-8-11-10-7(14-8)4-12-3-1-2-6(12)5-13/h6,13H,1-5H2. The number of likely N-dealkylation sites (tertiary alicyclic amines) is 1. The quantitative estimate of drug-likeness (QED) is 0.851. The highest BCUT2D eigenvalue weighted by Crippen LogP contribution is 2.22. The molecule has 1 aromatic heterocycles. The highest BCUT2D eigenvalue weighted by molar-refractivity contribution is 7.15. The van der Waals surface area contributed by atoms with Crippen molar-refractivity contribution >= 4 is 22.9 Å². The third kappa shape index (κ3) is 2.23. The molecule has 2 heterocycles. The lowest BCUT2D eigenvalue weighted by Crippen LogP contribution is -2.31. The summed E-state index contributed by atoms with van der Waals surface area (Å²) in [6.07, 6.45) is 2.22. The molecule has 0 spiro atoms. The number of hydrogen-bond acceptors (Lipinski definition) is 5. The summed E-state index contributed by atoms with van der Waals surface area (Å²) >= 11 is 7.10. The van der Waals surface area contributed by atoms with Crippen LogP contribution in [0.5, 0.6) is 0 Å². The van der Waals surface area contributed by atoms with Crippen LogP contribution in [0.3, 0.4) is 0 Å². The van der Waals surface area contributed by atoms with E-state index in [-0.39, 0.29) is 12.6 Å². The number of aliphatic hydroxyl groups is 1. The molecule has 14 heavy (non-hydrogen) atoms. The minimum absolute atomic E-state index is 0.229. The van der Waals surface area contributed by atoms with Crippen molar-refractivity contribution in [3.8, 4) is 0 Å².